The van der Waals surface area contributed by atoms with E-state index in [4.69, 9.17) is 10.00 Å². The third-order valence-electron chi connectivity index (χ3n) is 2.29. The number of hydrogen-bond acceptors (Lipinski definition) is 3. The molecule has 0 N–H and O–H groups in total. The van der Waals surface area contributed by atoms with Crippen LogP contribution in [0.1, 0.15) is 26.3 Å². The van der Waals surface area contributed by atoms with Crippen LogP contribution in [0.2, 0.25) is 0 Å². The SMILES string of the molecule is COC(=O)N(c1ccccc1C#N)C(C)(C)C. The number of carbonyl (C=O) groups excluding carboxylic acids is 1. The Morgan fingerprint density at radius 1 is 1.35 bits per heavy atom. The van der Waals surface area contributed by atoms with E-state index in [1.807, 2.05) is 20.8 Å². The minimum atomic E-state index is -0.472. The lowest BCUT2D eigenvalue weighted by Gasteiger charge is -2.34. The summed E-state index contributed by atoms with van der Waals surface area (Å²) in [4.78, 5) is 13.3. The molecule has 17 heavy (non-hydrogen) atoms. The van der Waals surface area contributed by atoms with E-state index in [2.05, 4.69) is 6.07 Å². The van der Waals surface area contributed by atoms with Gasteiger partial charge < -0.3 is 4.74 Å². The lowest BCUT2D eigenvalue weighted by atomic mass is 10.0. The second-order valence-electron chi connectivity index (χ2n) is 4.61. The summed E-state index contributed by atoms with van der Waals surface area (Å²) in [5.41, 5.74) is 0.558. The Balaban J connectivity index is 3.33. The number of nitrogens with zero attached hydrogens (tertiary/aromatic N) is 2. The van der Waals surface area contributed by atoms with Gasteiger partial charge in [-0.3, -0.25) is 4.90 Å². The molecule has 0 aliphatic carbocycles. The van der Waals surface area contributed by atoms with Gasteiger partial charge >= 0.3 is 6.09 Å². The molecule has 4 nitrogen and oxygen atoms in total. The molecule has 4 heteroatoms. The van der Waals surface area contributed by atoms with Crippen molar-refractivity contribution in [1.82, 2.24) is 0 Å². The van der Waals surface area contributed by atoms with Gasteiger partial charge in [-0.05, 0) is 32.9 Å². The quantitative estimate of drug-likeness (QED) is 0.748. The van der Waals surface area contributed by atoms with Crippen molar-refractivity contribution in [2.75, 3.05) is 12.0 Å². The number of anilines is 1. The van der Waals surface area contributed by atoms with Gasteiger partial charge in [0, 0.05) is 5.54 Å². The molecule has 1 aromatic rings. The summed E-state index contributed by atoms with van der Waals surface area (Å²) in [5.74, 6) is 0. The monoisotopic (exact) mass is 232 g/mol. The fourth-order valence-corrected chi connectivity index (χ4v) is 1.59. The predicted octanol–water partition coefficient (Wildman–Crippen LogP) is 2.93. The number of hydrogen-bond donors (Lipinski definition) is 0. The highest BCUT2D eigenvalue weighted by Gasteiger charge is 2.30. The molecule has 0 heterocycles. The molecule has 0 aliphatic heterocycles. The molecule has 0 saturated carbocycles. The van der Waals surface area contributed by atoms with Gasteiger partial charge in [-0.1, -0.05) is 12.1 Å². The van der Waals surface area contributed by atoms with Crippen molar-refractivity contribution in [3.63, 3.8) is 0 Å². The van der Waals surface area contributed by atoms with E-state index in [1.165, 1.54) is 12.0 Å². The summed E-state index contributed by atoms with van der Waals surface area (Å²) in [5, 5.41) is 9.06. The largest absolute Gasteiger partial charge is 0.452 e. The van der Waals surface area contributed by atoms with Crippen LogP contribution in [0.15, 0.2) is 24.3 Å². The molecule has 0 spiro atoms. The number of rotatable bonds is 1. The number of amides is 1. The first-order chi connectivity index (χ1) is 7.91. The minimum Gasteiger partial charge on any atom is -0.452 e. The Labute approximate surface area is 101 Å². The van der Waals surface area contributed by atoms with Gasteiger partial charge in [-0.25, -0.2) is 4.79 Å². The van der Waals surface area contributed by atoms with Gasteiger partial charge in [-0.2, -0.15) is 5.26 Å². The van der Waals surface area contributed by atoms with Crippen LogP contribution in [-0.2, 0) is 4.74 Å². The predicted molar refractivity (Wildman–Crippen MR) is 65.8 cm³/mol. The zero-order valence-corrected chi connectivity index (χ0v) is 10.5. The number of benzene rings is 1. The second kappa shape index (κ2) is 4.88. The summed E-state index contributed by atoms with van der Waals surface area (Å²) in [6.07, 6.45) is -0.472. The maximum atomic E-state index is 11.8. The third kappa shape index (κ3) is 2.76. The van der Waals surface area contributed by atoms with E-state index in [1.54, 1.807) is 24.3 Å². The summed E-state index contributed by atoms with van der Waals surface area (Å²) < 4.78 is 4.77. The summed E-state index contributed by atoms with van der Waals surface area (Å²) in [6.45, 7) is 5.66. The van der Waals surface area contributed by atoms with Crippen LogP contribution in [0.3, 0.4) is 0 Å². The van der Waals surface area contributed by atoms with E-state index in [0.717, 1.165) is 0 Å². The number of carbonyl (C=O) groups is 1. The Hall–Kier alpha value is -2.02. The molecule has 0 fully saturated rings. The van der Waals surface area contributed by atoms with Crippen molar-refractivity contribution < 1.29 is 9.53 Å². The Morgan fingerprint density at radius 2 is 1.94 bits per heavy atom. The molecule has 0 aromatic heterocycles. The van der Waals surface area contributed by atoms with Gasteiger partial charge in [0.2, 0.25) is 0 Å². The van der Waals surface area contributed by atoms with E-state index in [9.17, 15) is 4.79 Å². The molecule has 0 unspecified atom stereocenters. The molecular formula is C13H16N2O2. The van der Waals surface area contributed by atoms with Crippen molar-refractivity contribution in [1.29, 1.82) is 5.26 Å². The number of nitriles is 1. The van der Waals surface area contributed by atoms with Crippen molar-refractivity contribution in [2.45, 2.75) is 26.3 Å². The van der Waals surface area contributed by atoms with E-state index in [0.29, 0.717) is 11.3 Å². The molecule has 0 bridgehead atoms. The maximum Gasteiger partial charge on any atom is 0.414 e. The summed E-state index contributed by atoms with van der Waals surface area (Å²) in [6, 6.07) is 9.05. The van der Waals surface area contributed by atoms with Crippen molar-refractivity contribution in [3.05, 3.63) is 29.8 Å². The topological polar surface area (TPSA) is 53.3 Å². The zero-order chi connectivity index (χ0) is 13.1. The highest BCUT2D eigenvalue weighted by atomic mass is 16.5. The third-order valence-corrected chi connectivity index (χ3v) is 2.29. The van der Waals surface area contributed by atoms with Crippen LogP contribution < -0.4 is 4.90 Å². The van der Waals surface area contributed by atoms with Crippen LogP contribution in [0.4, 0.5) is 10.5 Å². The van der Waals surface area contributed by atoms with Gasteiger partial charge in [0.1, 0.15) is 6.07 Å². The maximum absolute atomic E-state index is 11.8. The smallest absolute Gasteiger partial charge is 0.414 e. The van der Waals surface area contributed by atoms with Gasteiger partial charge in [-0.15, -0.1) is 0 Å². The van der Waals surface area contributed by atoms with E-state index >= 15 is 0 Å². The molecule has 0 atom stereocenters. The number of ether oxygens (including phenoxy) is 1. The summed E-state index contributed by atoms with van der Waals surface area (Å²) >= 11 is 0. The average molecular weight is 232 g/mol. The van der Waals surface area contributed by atoms with E-state index < -0.39 is 11.6 Å². The van der Waals surface area contributed by atoms with Crippen LogP contribution in [-0.4, -0.2) is 18.7 Å². The zero-order valence-electron chi connectivity index (χ0n) is 10.5. The molecular weight excluding hydrogens is 216 g/mol. The van der Waals surface area contributed by atoms with Crippen LogP contribution in [0, 0.1) is 11.3 Å². The Kier molecular flexibility index (Phi) is 3.74. The molecule has 0 radical (unpaired) electrons. The standard InChI is InChI=1S/C13H16N2O2/c1-13(2,3)15(12(16)17-4)11-8-6-5-7-10(11)9-14/h5-8H,1-4H3. The Bertz CT molecular complexity index is 455. The molecule has 90 valence electrons. The Morgan fingerprint density at radius 3 is 2.41 bits per heavy atom. The first-order valence-corrected chi connectivity index (χ1v) is 5.29. The summed E-state index contributed by atoms with van der Waals surface area (Å²) in [7, 11) is 1.33. The molecule has 1 rings (SSSR count). The highest BCUT2D eigenvalue weighted by Crippen LogP contribution is 2.27. The fourth-order valence-electron chi connectivity index (χ4n) is 1.59. The first-order valence-electron chi connectivity index (χ1n) is 5.29. The second-order valence-corrected chi connectivity index (χ2v) is 4.61. The van der Waals surface area contributed by atoms with Gasteiger partial charge in [0.25, 0.3) is 0 Å². The van der Waals surface area contributed by atoms with Crippen LogP contribution >= 0.6 is 0 Å². The first kappa shape index (κ1) is 13.0. The molecule has 0 aliphatic rings. The lowest BCUT2D eigenvalue weighted by Crippen LogP contribution is -2.46. The van der Waals surface area contributed by atoms with Crippen LogP contribution in [0.25, 0.3) is 0 Å². The van der Waals surface area contributed by atoms with Crippen molar-refractivity contribution in [3.8, 4) is 6.07 Å². The fraction of sp³-hybridized carbons (Fsp3) is 0.385. The number of methoxy groups -OCH3 is 1. The molecule has 0 saturated heterocycles. The minimum absolute atomic E-state index is 0.452. The van der Waals surface area contributed by atoms with E-state index in [-0.39, 0.29) is 0 Å². The average Bonchev–Trinajstić information content (AvgIpc) is 2.28. The van der Waals surface area contributed by atoms with Crippen LogP contribution in [0.5, 0.6) is 0 Å². The lowest BCUT2D eigenvalue weighted by molar-refractivity contribution is 0.172. The molecule has 1 amide bonds. The number of para-hydroxylation sites is 1. The normalized spacial score (nSPS) is 10.5. The molecule has 1 aromatic carbocycles. The highest BCUT2D eigenvalue weighted by molar-refractivity contribution is 5.90. The van der Waals surface area contributed by atoms with Gasteiger partial charge in [0.05, 0.1) is 18.4 Å². The van der Waals surface area contributed by atoms with Gasteiger partial charge in [0.15, 0.2) is 0 Å². The van der Waals surface area contributed by atoms with Crippen molar-refractivity contribution >= 4 is 11.8 Å². The van der Waals surface area contributed by atoms with Crippen molar-refractivity contribution in [2.24, 2.45) is 0 Å².